The quantitative estimate of drug-likeness (QED) is 0.884. The van der Waals surface area contributed by atoms with Crippen LogP contribution in [0.4, 0.5) is 0 Å². The highest BCUT2D eigenvalue weighted by Gasteiger charge is 2.10. The fourth-order valence-corrected chi connectivity index (χ4v) is 1.82. The number of aliphatic hydroxyl groups excluding tert-OH is 1. The van der Waals surface area contributed by atoms with Gasteiger partial charge in [0.1, 0.15) is 0 Å². The minimum Gasteiger partial charge on any atom is -0.396 e. The number of halogens is 1. The number of benzene rings is 1. The van der Waals surface area contributed by atoms with Crippen LogP contribution in [-0.2, 0) is 0 Å². The number of hydrogen-bond donors (Lipinski definition) is 2. The van der Waals surface area contributed by atoms with Crippen LogP contribution in [0, 0.1) is 5.92 Å². The summed E-state index contributed by atoms with van der Waals surface area (Å²) in [6, 6.07) is 7.22. The number of aliphatic hydroxyl groups is 1. The van der Waals surface area contributed by atoms with E-state index in [0.717, 1.165) is 5.69 Å². The van der Waals surface area contributed by atoms with Crippen molar-refractivity contribution < 1.29 is 9.90 Å². The molecule has 1 aromatic heterocycles. The van der Waals surface area contributed by atoms with Crippen LogP contribution in [0.1, 0.15) is 17.3 Å². The molecule has 0 fully saturated rings. The van der Waals surface area contributed by atoms with Crippen molar-refractivity contribution in [2.24, 2.45) is 5.92 Å². The first-order chi connectivity index (χ1) is 9.60. The highest BCUT2D eigenvalue weighted by atomic mass is 35.5. The largest absolute Gasteiger partial charge is 0.396 e. The molecule has 0 aliphatic rings. The number of rotatable bonds is 5. The number of aromatic nitrogens is 2. The van der Waals surface area contributed by atoms with Crippen LogP contribution < -0.4 is 5.32 Å². The Hall–Kier alpha value is -1.85. The number of nitrogens with zero attached hydrogens (tertiary/aromatic N) is 2. The van der Waals surface area contributed by atoms with Crippen LogP contribution >= 0.6 is 11.6 Å². The van der Waals surface area contributed by atoms with Gasteiger partial charge in [0.25, 0.3) is 5.91 Å². The highest BCUT2D eigenvalue weighted by Crippen LogP contribution is 2.14. The predicted octanol–water partition coefficient (Wildman–Crippen LogP) is 1.88. The number of amides is 1. The highest BCUT2D eigenvalue weighted by molar-refractivity contribution is 6.30. The van der Waals surface area contributed by atoms with E-state index in [-0.39, 0.29) is 18.4 Å². The molecule has 106 valence electrons. The van der Waals surface area contributed by atoms with Crippen molar-refractivity contribution >= 4 is 17.5 Å². The third kappa shape index (κ3) is 3.59. The lowest BCUT2D eigenvalue weighted by atomic mass is 10.2. The Bertz CT molecular complexity index is 598. The normalized spacial score (nSPS) is 12.2. The topological polar surface area (TPSA) is 67.2 Å². The zero-order chi connectivity index (χ0) is 14.5. The van der Waals surface area contributed by atoms with Crippen LogP contribution in [0.3, 0.4) is 0 Å². The van der Waals surface area contributed by atoms with E-state index >= 15 is 0 Å². The van der Waals surface area contributed by atoms with E-state index in [4.69, 9.17) is 16.7 Å². The van der Waals surface area contributed by atoms with Gasteiger partial charge >= 0.3 is 0 Å². The van der Waals surface area contributed by atoms with Gasteiger partial charge in [-0.2, -0.15) is 5.10 Å². The Morgan fingerprint density at radius 2 is 2.35 bits per heavy atom. The van der Waals surface area contributed by atoms with E-state index in [1.165, 1.54) is 6.20 Å². The molecule has 0 saturated carbocycles. The summed E-state index contributed by atoms with van der Waals surface area (Å²) in [5.74, 6) is -0.180. The van der Waals surface area contributed by atoms with E-state index in [1.807, 2.05) is 19.1 Å². The van der Waals surface area contributed by atoms with Crippen LogP contribution in [0.2, 0.25) is 5.02 Å². The number of carbonyl (C=O) groups excluding carboxylic acids is 1. The van der Waals surface area contributed by atoms with E-state index in [1.54, 1.807) is 23.0 Å². The molecule has 0 saturated heterocycles. The third-order valence-electron chi connectivity index (χ3n) is 2.84. The molecular weight excluding hydrogens is 278 g/mol. The monoisotopic (exact) mass is 293 g/mol. The van der Waals surface area contributed by atoms with Gasteiger partial charge in [-0.3, -0.25) is 4.79 Å². The first kappa shape index (κ1) is 14.6. The lowest BCUT2D eigenvalue weighted by Gasteiger charge is -2.08. The van der Waals surface area contributed by atoms with Gasteiger partial charge in [-0.25, -0.2) is 4.68 Å². The van der Waals surface area contributed by atoms with Crippen molar-refractivity contribution in [1.82, 2.24) is 15.1 Å². The minimum atomic E-state index is -0.210. The summed E-state index contributed by atoms with van der Waals surface area (Å²) in [5.41, 5.74) is 1.26. The molecule has 0 aliphatic carbocycles. The van der Waals surface area contributed by atoms with Gasteiger partial charge in [0.15, 0.2) is 0 Å². The van der Waals surface area contributed by atoms with E-state index in [2.05, 4.69) is 10.4 Å². The molecule has 1 aromatic carbocycles. The maximum Gasteiger partial charge on any atom is 0.254 e. The van der Waals surface area contributed by atoms with Crippen LogP contribution in [0.15, 0.2) is 36.7 Å². The first-order valence-corrected chi connectivity index (χ1v) is 6.67. The van der Waals surface area contributed by atoms with Crippen molar-refractivity contribution in [1.29, 1.82) is 0 Å². The molecule has 1 heterocycles. The third-order valence-corrected chi connectivity index (χ3v) is 3.08. The summed E-state index contributed by atoms with van der Waals surface area (Å²) in [5, 5.41) is 16.4. The summed E-state index contributed by atoms with van der Waals surface area (Å²) < 4.78 is 1.59. The van der Waals surface area contributed by atoms with E-state index in [0.29, 0.717) is 17.1 Å². The average molecular weight is 294 g/mol. The lowest BCUT2D eigenvalue weighted by Crippen LogP contribution is -2.29. The smallest absolute Gasteiger partial charge is 0.254 e. The van der Waals surface area contributed by atoms with Crippen molar-refractivity contribution in [2.75, 3.05) is 13.2 Å². The van der Waals surface area contributed by atoms with Gasteiger partial charge in [0, 0.05) is 24.4 Å². The Balaban J connectivity index is 2.07. The Morgan fingerprint density at radius 3 is 3.05 bits per heavy atom. The second kappa shape index (κ2) is 6.54. The van der Waals surface area contributed by atoms with Crippen molar-refractivity contribution in [3.8, 4) is 5.69 Å². The maximum atomic E-state index is 11.9. The molecule has 5 nitrogen and oxygen atoms in total. The number of carbonyl (C=O) groups is 1. The summed E-state index contributed by atoms with van der Waals surface area (Å²) in [6.45, 7) is 2.33. The van der Waals surface area contributed by atoms with Crippen molar-refractivity contribution in [2.45, 2.75) is 6.92 Å². The predicted molar refractivity (Wildman–Crippen MR) is 77.2 cm³/mol. The molecule has 1 unspecified atom stereocenters. The molecule has 20 heavy (non-hydrogen) atoms. The van der Waals surface area contributed by atoms with E-state index < -0.39 is 0 Å². The number of hydrogen-bond acceptors (Lipinski definition) is 3. The summed E-state index contributed by atoms with van der Waals surface area (Å²) in [6.07, 6.45) is 3.14. The van der Waals surface area contributed by atoms with Crippen LogP contribution in [0.25, 0.3) is 5.69 Å². The molecule has 0 spiro atoms. The fourth-order valence-electron chi connectivity index (χ4n) is 1.63. The second-order valence-corrected chi connectivity index (χ2v) is 5.09. The molecule has 0 bridgehead atoms. The molecule has 0 radical (unpaired) electrons. The molecule has 2 rings (SSSR count). The summed E-state index contributed by atoms with van der Waals surface area (Å²) in [7, 11) is 0. The van der Waals surface area contributed by atoms with Gasteiger partial charge in [0.2, 0.25) is 0 Å². The van der Waals surface area contributed by atoms with Gasteiger partial charge < -0.3 is 10.4 Å². The van der Waals surface area contributed by atoms with Crippen molar-refractivity contribution in [3.63, 3.8) is 0 Å². The first-order valence-electron chi connectivity index (χ1n) is 6.30. The molecule has 2 N–H and O–H groups in total. The van der Waals surface area contributed by atoms with Gasteiger partial charge in [-0.05, 0) is 24.1 Å². The van der Waals surface area contributed by atoms with E-state index in [9.17, 15) is 4.79 Å². The Labute approximate surface area is 122 Å². The van der Waals surface area contributed by atoms with Gasteiger partial charge in [-0.1, -0.05) is 24.6 Å². The molecule has 1 amide bonds. The fraction of sp³-hybridized carbons (Fsp3) is 0.286. The maximum absolute atomic E-state index is 11.9. The Kier molecular flexibility index (Phi) is 4.76. The Morgan fingerprint density at radius 1 is 1.55 bits per heavy atom. The van der Waals surface area contributed by atoms with Gasteiger partial charge in [-0.15, -0.1) is 0 Å². The average Bonchev–Trinajstić information content (AvgIpc) is 2.94. The molecule has 1 atom stereocenters. The van der Waals surface area contributed by atoms with Crippen molar-refractivity contribution in [3.05, 3.63) is 47.2 Å². The van der Waals surface area contributed by atoms with Gasteiger partial charge in [0.05, 0.1) is 17.4 Å². The zero-order valence-electron chi connectivity index (χ0n) is 11.1. The molecule has 2 aromatic rings. The molecule has 6 heteroatoms. The second-order valence-electron chi connectivity index (χ2n) is 4.65. The summed E-state index contributed by atoms with van der Waals surface area (Å²) >= 11 is 5.92. The van der Waals surface area contributed by atoms with Crippen LogP contribution in [-0.4, -0.2) is 33.9 Å². The SMILES string of the molecule is CC(CO)CNC(=O)c1cnn(-c2cccc(Cl)c2)c1. The lowest BCUT2D eigenvalue weighted by molar-refractivity contribution is 0.0942. The molecular formula is C14H16ClN3O2. The zero-order valence-corrected chi connectivity index (χ0v) is 11.8. The number of nitrogens with one attached hydrogen (secondary N) is 1. The minimum absolute atomic E-state index is 0.0296. The summed E-state index contributed by atoms with van der Waals surface area (Å²) in [4.78, 5) is 11.9. The van der Waals surface area contributed by atoms with Crippen LogP contribution in [0.5, 0.6) is 0 Å². The molecule has 0 aliphatic heterocycles. The standard InChI is InChI=1S/C14H16ClN3O2/c1-10(9-19)6-16-14(20)11-7-17-18(8-11)13-4-2-3-12(15)5-13/h2-5,7-8,10,19H,6,9H2,1H3,(H,16,20).